The molecule has 0 atom stereocenters. The van der Waals surface area contributed by atoms with Gasteiger partial charge in [-0.05, 0) is 32.4 Å². The summed E-state index contributed by atoms with van der Waals surface area (Å²) >= 11 is 0. The molecule has 0 aliphatic carbocycles. The number of benzene rings is 1. The Bertz CT molecular complexity index is 707. The van der Waals surface area contributed by atoms with Gasteiger partial charge in [0, 0.05) is 19.4 Å². The third-order valence-electron chi connectivity index (χ3n) is 3.54. The van der Waals surface area contributed by atoms with Crippen LogP contribution in [0.25, 0.3) is 11.0 Å². The number of hydrogen-bond donors (Lipinski definition) is 1. The average Bonchev–Trinajstić information content (AvgIpc) is 2.85. The summed E-state index contributed by atoms with van der Waals surface area (Å²) < 4.78 is 7.11. The molecule has 0 aliphatic rings. The number of aromatic nitrogens is 2. The van der Waals surface area contributed by atoms with E-state index in [1.54, 1.807) is 0 Å². The van der Waals surface area contributed by atoms with E-state index in [2.05, 4.69) is 10.3 Å². The number of nitrogens with zero attached hydrogens (tertiary/aromatic N) is 2. The lowest BCUT2D eigenvalue weighted by molar-refractivity contribution is -0.148. The highest BCUT2D eigenvalue weighted by atomic mass is 16.5. The Morgan fingerprint density at radius 2 is 2.04 bits per heavy atom. The second-order valence-corrected chi connectivity index (χ2v) is 5.99. The Morgan fingerprint density at radius 3 is 2.75 bits per heavy atom. The SMILES string of the molecule is CCCC(=O)NCCc1nc2ccccc2n1CC(=O)OC(C)C. The number of ether oxygens (including phenoxy) is 1. The van der Waals surface area contributed by atoms with Crippen molar-refractivity contribution in [2.45, 2.75) is 52.7 Å². The van der Waals surface area contributed by atoms with Gasteiger partial charge in [-0.1, -0.05) is 19.1 Å². The van der Waals surface area contributed by atoms with Crippen molar-refractivity contribution in [2.75, 3.05) is 6.54 Å². The molecule has 0 spiro atoms. The summed E-state index contributed by atoms with van der Waals surface area (Å²) in [6, 6.07) is 7.68. The van der Waals surface area contributed by atoms with Crippen molar-refractivity contribution in [1.29, 1.82) is 0 Å². The van der Waals surface area contributed by atoms with Gasteiger partial charge in [-0.3, -0.25) is 9.59 Å². The van der Waals surface area contributed by atoms with Crippen LogP contribution in [0, 0.1) is 0 Å². The van der Waals surface area contributed by atoms with Crippen LogP contribution >= 0.6 is 0 Å². The van der Waals surface area contributed by atoms with Gasteiger partial charge in [0.25, 0.3) is 0 Å². The molecule has 130 valence electrons. The molecule has 1 N–H and O–H groups in total. The molecule has 1 aromatic heterocycles. The highest BCUT2D eigenvalue weighted by molar-refractivity contribution is 5.79. The molecule has 0 aliphatic heterocycles. The third-order valence-corrected chi connectivity index (χ3v) is 3.54. The van der Waals surface area contributed by atoms with E-state index in [4.69, 9.17) is 4.74 Å². The van der Waals surface area contributed by atoms with E-state index in [9.17, 15) is 9.59 Å². The van der Waals surface area contributed by atoms with Crippen molar-refractivity contribution >= 4 is 22.9 Å². The number of esters is 1. The Labute approximate surface area is 142 Å². The number of amides is 1. The molecule has 1 heterocycles. The van der Waals surface area contributed by atoms with Crippen LogP contribution in [0.5, 0.6) is 0 Å². The van der Waals surface area contributed by atoms with Gasteiger partial charge in [-0.25, -0.2) is 4.98 Å². The van der Waals surface area contributed by atoms with Gasteiger partial charge >= 0.3 is 5.97 Å². The van der Waals surface area contributed by atoms with Gasteiger partial charge in [0.15, 0.2) is 0 Å². The molecular formula is C18H25N3O3. The van der Waals surface area contributed by atoms with Crippen molar-refractivity contribution < 1.29 is 14.3 Å². The Morgan fingerprint density at radius 1 is 1.29 bits per heavy atom. The largest absolute Gasteiger partial charge is 0.462 e. The Balaban J connectivity index is 2.14. The van der Waals surface area contributed by atoms with Crippen molar-refractivity contribution in [2.24, 2.45) is 0 Å². The van der Waals surface area contributed by atoms with E-state index in [0.29, 0.717) is 19.4 Å². The summed E-state index contributed by atoms with van der Waals surface area (Å²) in [6.07, 6.45) is 1.77. The molecular weight excluding hydrogens is 306 g/mol. The zero-order chi connectivity index (χ0) is 17.5. The summed E-state index contributed by atoms with van der Waals surface area (Å²) in [4.78, 5) is 28.2. The summed E-state index contributed by atoms with van der Waals surface area (Å²) in [5, 5.41) is 2.88. The van der Waals surface area contributed by atoms with Crippen LogP contribution in [0.4, 0.5) is 0 Å². The lowest BCUT2D eigenvalue weighted by Gasteiger charge is -2.11. The van der Waals surface area contributed by atoms with E-state index < -0.39 is 0 Å². The normalized spacial score (nSPS) is 11.0. The van der Waals surface area contributed by atoms with Crippen LogP contribution in [0.3, 0.4) is 0 Å². The van der Waals surface area contributed by atoms with E-state index in [0.717, 1.165) is 23.3 Å². The fourth-order valence-electron chi connectivity index (χ4n) is 2.55. The fourth-order valence-corrected chi connectivity index (χ4v) is 2.55. The molecule has 1 aromatic carbocycles. The van der Waals surface area contributed by atoms with Gasteiger partial charge in [0.1, 0.15) is 12.4 Å². The first-order valence-electron chi connectivity index (χ1n) is 8.41. The average molecular weight is 331 g/mol. The number of fused-ring (bicyclic) bond motifs is 1. The molecule has 0 radical (unpaired) electrons. The second-order valence-electron chi connectivity index (χ2n) is 5.99. The molecule has 0 unspecified atom stereocenters. The quantitative estimate of drug-likeness (QED) is 0.754. The maximum absolute atomic E-state index is 12.0. The summed E-state index contributed by atoms with van der Waals surface area (Å²) in [5.41, 5.74) is 1.73. The molecule has 0 fully saturated rings. The van der Waals surface area contributed by atoms with E-state index in [1.807, 2.05) is 49.6 Å². The summed E-state index contributed by atoms with van der Waals surface area (Å²) in [7, 11) is 0. The van der Waals surface area contributed by atoms with E-state index in [-0.39, 0.29) is 24.5 Å². The predicted octanol–water partition coefficient (Wildman–Crippen LogP) is 2.45. The second kappa shape index (κ2) is 8.47. The molecule has 2 rings (SSSR count). The minimum absolute atomic E-state index is 0.0411. The number of para-hydroxylation sites is 2. The molecule has 1 amide bonds. The van der Waals surface area contributed by atoms with Gasteiger partial charge in [-0.15, -0.1) is 0 Å². The van der Waals surface area contributed by atoms with Crippen molar-refractivity contribution in [1.82, 2.24) is 14.9 Å². The van der Waals surface area contributed by atoms with Crippen molar-refractivity contribution in [3.8, 4) is 0 Å². The lowest BCUT2D eigenvalue weighted by atomic mass is 10.3. The zero-order valence-electron chi connectivity index (χ0n) is 14.5. The summed E-state index contributed by atoms with van der Waals surface area (Å²) in [5.74, 6) is 0.525. The molecule has 6 nitrogen and oxygen atoms in total. The van der Waals surface area contributed by atoms with Crippen LogP contribution < -0.4 is 5.32 Å². The fraction of sp³-hybridized carbons (Fsp3) is 0.500. The van der Waals surface area contributed by atoms with Gasteiger partial charge < -0.3 is 14.6 Å². The maximum Gasteiger partial charge on any atom is 0.326 e. The lowest BCUT2D eigenvalue weighted by Crippen LogP contribution is -2.26. The van der Waals surface area contributed by atoms with Gasteiger partial charge in [0.2, 0.25) is 5.91 Å². The van der Waals surface area contributed by atoms with Crippen LogP contribution in [0.1, 0.15) is 39.4 Å². The molecule has 24 heavy (non-hydrogen) atoms. The molecule has 0 saturated carbocycles. The highest BCUT2D eigenvalue weighted by Crippen LogP contribution is 2.16. The number of carbonyl (C=O) groups is 2. The highest BCUT2D eigenvalue weighted by Gasteiger charge is 2.15. The molecule has 6 heteroatoms. The minimum Gasteiger partial charge on any atom is -0.462 e. The maximum atomic E-state index is 12.0. The van der Waals surface area contributed by atoms with Crippen LogP contribution in [0.2, 0.25) is 0 Å². The molecule has 0 bridgehead atoms. The first-order valence-corrected chi connectivity index (χ1v) is 8.41. The summed E-state index contributed by atoms with van der Waals surface area (Å²) in [6.45, 7) is 6.25. The first kappa shape index (κ1) is 18.0. The van der Waals surface area contributed by atoms with Crippen molar-refractivity contribution in [3.63, 3.8) is 0 Å². The monoisotopic (exact) mass is 331 g/mol. The number of rotatable bonds is 8. The predicted molar refractivity (Wildman–Crippen MR) is 92.6 cm³/mol. The minimum atomic E-state index is -0.288. The van der Waals surface area contributed by atoms with E-state index >= 15 is 0 Å². The molecule has 2 aromatic rings. The van der Waals surface area contributed by atoms with Crippen LogP contribution in [0.15, 0.2) is 24.3 Å². The standard InChI is InChI=1S/C18H25N3O3/c1-4-7-17(22)19-11-10-16-20-14-8-5-6-9-15(14)21(16)12-18(23)24-13(2)3/h5-6,8-9,13H,4,7,10-12H2,1-3H3,(H,19,22). The topological polar surface area (TPSA) is 73.2 Å². The third kappa shape index (κ3) is 4.81. The first-order chi connectivity index (χ1) is 11.5. The van der Waals surface area contributed by atoms with E-state index in [1.165, 1.54) is 0 Å². The van der Waals surface area contributed by atoms with Crippen LogP contribution in [-0.4, -0.2) is 34.1 Å². The van der Waals surface area contributed by atoms with Gasteiger partial charge in [-0.2, -0.15) is 0 Å². The Hall–Kier alpha value is -2.37. The zero-order valence-corrected chi connectivity index (χ0v) is 14.5. The smallest absolute Gasteiger partial charge is 0.326 e. The van der Waals surface area contributed by atoms with Crippen LogP contribution in [-0.2, 0) is 27.3 Å². The Kier molecular flexibility index (Phi) is 6.35. The number of nitrogens with one attached hydrogen (secondary N) is 1. The number of imidazole rings is 1. The van der Waals surface area contributed by atoms with Gasteiger partial charge in [0.05, 0.1) is 17.1 Å². The number of carbonyl (C=O) groups excluding carboxylic acids is 2. The van der Waals surface area contributed by atoms with Crippen molar-refractivity contribution in [3.05, 3.63) is 30.1 Å². The molecule has 0 saturated heterocycles. The number of hydrogen-bond acceptors (Lipinski definition) is 4.